The van der Waals surface area contributed by atoms with Crippen molar-refractivity contribution in [3.8, 4) is 11.4 Å². The highest BCUT2D eigenvalue weighted by Gasteiger charge is 2.12. The van der Waals surface area contributed by atoms with Gasteiger partial charge in [-0.15, -0.1) is 5.10 Å². The van der Waals surface area contributed by atoms with E-state index in [1.807, 2.05) is 0 Å². The largest absolute Gasteiger partial charge is 0.399 e. The van der Waals surface area contributed by atoms with Gasteiger partial charge in [0.1, 0.15) is 0 Å². The van der Waals surface area contributed by atoms with Crippen LogP contribution in [0.5, 0.6) is 0 Å². The first-order chi connectivity index (χ1) is 9.72. The van der Waals surface area contributed by atoms with E-state index < -0.39 is 0 Å². The zero-order valence-corrected chi connectivity index (χ0v) is 12.2. The summed E-state index contributed by atoms with van der Waals surface area (Å²) in [6.07, 6.45) is 1.87. The molecule has 20 heavy (non-hydrogen) atoms. The molecule has 0 amide bonds. The normalized spacial score (nSPS) is 10.9. The highest BCUT2D eigenvalue weighted by atomic mass is 35.5. The van der Waals surface area contributed by atoms with Crippen molar-refractivity contribution in [2.75, 3.05) is 18.9 Å². The van der Waals surface area contributed by atoms with Crippen molar-refractivity contribution in [3.05, 3.63) is 23.2 Å². The van der Waals surface area contributed by atoms with Gasteiger partial charge in [-0.05, 0) is 41.5 Å². The molecule has 0 unspecified atom stereocenters. The smallest absolute Gasteiger partial charge is 0.183 e. The second-order valence-corrected chi connectivity index (χ2v) is 4.84. The molecule has 0 radical (unpaired) electrons. The van der Waals surface area contributed by atoms with Crippen LogP contribution in [0.25, 0.3) is 11.4 Å². The molecule has 2 rings (SSSR count). The molecule has 0 aliphatic rings. The maximum Gasteiger partial charge on any atom is 0.183 e. The topological polar surface area (TPSA) is 78.8 Å². The van der Waals surface area contributed by atoms with Gasteiger partial charge < -0.3 is 10.5 Å². The molecule has 108 valence electrons. The summed E-state index contributed by atoms with van der Waals surface area (Å²) in [4.78, 5) is 0. The first kappa shape index (κ1) is 14.7. The third-order valence-electron chi connectivity index (χ3n) is 2.77. The molecule has 6 nitrogen and oxygen atoms in total. The van der Waals surface area contributed by atoms with E-state index in [9.17, 15) is 0 Å². The van der Waals surface area contributed by atoms with Crippen LogP contribution in [0.4, 0.5) is 5.69 Å². The Morgan fingerprint density at radius 1 is 1.35 bits per heavy atom. The number of anilines is 1. The molecule has 0 atom stereocenters. The lowest BCUT2D eigenvalue weighted by atomic mass is 10.2. The average Bonchev–Trinajstić information content (AvgIpc) is 2.89. The van der Waals surface area contributed by atoms with Crippen molar-refractivity contribution in [2.45, 2.75) is 26.3 Å². The van der Waals surface area contributed by atoms with Crippen molar-refractivity contribution in [3.63, 3.8) is 0 Å². The third-order valence-corrected chi connectivity index (χ3v) is 3.10. The summed E-state index contributed by atoms with van der Waals surface area (Å²) in [6, 6.07) is 5.27. The second-order valence-electron chi connectivity index (χ2n) is 4.43. The van der Waals surface area contributed by atoms with Gasteiger partial charge in [0.05, 0.1) is 5.02 Å². The van der Waals surface area contributed by atoms with Gasteiger partial charge in [0, 0.05) is 31.0 Å². The van der Waals surface area contributed by atoms with Crippen LogP contribution in [0.3, 0.4) is 0 Å². The van der Waals surface area contributed by atoms with Gasteiger partial charge in [-0.2, -0.15) is 0 Å². The Morgan fingerprint density at radius 3 is 3.00 bits per heavy atom. The molecule has 0 fully saturated rings. The van der Waals surface area contributed by atoms with Gasteiger partial charge in [-0.25, -0.2) is 4.68 Å². The number of nitrogens with two attached hydrogens (primary N) is 1. The summed E-state index contributed by atoms with van der Waals surface area (Å²) < 4.78 is 7.16. The Bertz CT molecular complexity index is 557. The fourth-order valence-electron chi connectivity index (χ4n) is 1.83. The summed E-state index contributed by atoms with van der Waals surface area (Å²) in [6.45, 7) is 4.24. The van der Waals surface area contributed by atoms with Gasteiger partial charge in [-0.1, -0.05) is 18.5 Å². The number of benzene rings is 1. The average molecular weight is 296 g/mol. The lowest BCUT2D eigenvalue weighted by Crippen LogP contribution is -2.07. The van der Waals surface area contributed by atoms with E-state index in [0.29, 0.717) is 29.7 Å². The summed E-state index contributed by atoms with van der Waals surface area (Å²) in [5, 5.41) is 12.3. The number of ether oxygens (including phenoxy) is 1. The number of hydrogen-bond donors (Lipinski definition) is 1. The second kappa shape index (κ2) is 7.21. The van der Waals surface area contributed by atoms with Crippen LogP contribution in [-0.4, -0.2) is 33.4 Å². The van der Waals surface area contributed by atoms with Crippen LogP contribution in [0.15, 0.2) is 18.2 Å². The van der Waals surface area contributed by atoms with E-state index in [2.05, 4.69) is 22.4 Å². The van der Waals surface area contributed by atoms with Crippen molar-refractivity contribution in [1.82, 2.24) is 20.2 Å². The van der Waals surface area contributed by atoms with Gasteiger partial charge in [0.25, 0.3) is 0 Å². The van der Waals surface area contributed by atoms with Gasteiger partial charge >= 0.3 is 0 Å². The summed E-state index contributed by atoms with van der Waals surface area (Å²) in [5.41, 5.74) is 7.15. The van der Waals surface area contributed by atoms with Crippen LogP contribution in [0.2, 0.25) is 5.02 Å². The fraction of sp³-hybridized carbons (Fsp3) is 0.462. The van der Waals surface area contributed by atoms with Crippen LogP contribution < -0.4 is 5.73 Å². The molecule has 0 saturated carbocycles. The maximum absolute atomic E-state index is 6.17. The third kappa shape index (κ3) is 3.68. The molecule has 1 aromatic carbocycles. The van der Waals surface area contributed by atoms with Gasteiger partial charge in [-0.3, -0.25) is 0 Å². The number of halogens is 1. The molecule has 7 heteroatoms. The standard InChI is InChI=1S/C13H18ClN5O/c1-2-7-20-8-3-6-19-13(16-17-18-19)11-9-10(15)4-5-12(11)14/h4-5,9H,2-3,6-8,15H2,1H3. The highest BCUT2D eigenvalue weighted by Crippen LogP contribution is 2.27. The monoisotopic (exact) mass is 295 g/mol. The van der Waals surface area contributed by atoms with Crippen molar-refractivity contribution < 1.29 is 4.74 Å². The molecule has 0 bridgehead atoms. The highest BCUT2D eigenvalue weighted by molar-refractivity contribution is 6.33. The van der Waals surface area contributed by atoms with Crippen LogP contribution in [0.1, 0.15) is 19.8 Å². The molecule has 0 aliphatic heterocycles. The number of rotatable bonds is 7. The Morgan fingerprint density at radius 2 is 2.20 bits per heavy atom. The Hall–Kier alpha value is -1.66. The van der Waals surface area contributed by atoms with Crippen LogP contribution >= 0.6 is 11.6 Å². The molecule has 1 aromatic heterocycles. The molecular weight excluding hydrogens is 278 g/mol. The summed E-state index contributed by atoms with van der Waals surface area (Å²) in [7, 11) is 0. The Balaban J connectivity index is 2.06. The maximum atomic E-state index is 6.17. The summed E-state index contributed by atoms with van der Waals surface area (Å²) in [5.74, 6) is 0.623. The molecule has 0 aliphatic carbocycles. The van der Waals surface area contributed by atoms with Gasteiger partial charge in [0.15, 0.2) is 5.82 Å². The predicted molar refractivity (Wildman–Crippen MR) is 78.4 cm³/mol. The Kier molecular flexibility index (Phi) is 5.31. The van der Waals surface area contributed by atoms with E-state index in [0.717, 1.165) is 25.0 Å². The zero-order valence-electron chi connectivity index (χ0n) is 11.4. The number of hydrogen-bond acceptors (Lipinski definition) is 5. The van der Waals surface area contributed by atoms with Gasteiger partial charge in [0.2, 0.25) is 0 Å². The lowest BCUT2D eigenvalue weighted by Gasteiger charge is -2.07. The number of aromatic nitrogens is 4. The molecular formula is C13H18ClN5O. The minimum Gasteiger partial charge on any atom is -0.399 e. The molecule has 0 saturated heterocycles. The Labute approximate surface area is 122 Å². The number of nitrogens with zero attached hydrogens (tertiary/aromatic N) is 4. The van der Waals surface area contributed by atoms with E-state index in [1.165, 1.54) is 0 Å². The van der Waals surface area contributed by atoms with E-state index >= 15 is 0 Å². The van der Waals surface area contributed by atoms with Crippen molar-refractivity contribution >= 4 is 17.3 Å². The predicted octanol–water partition coefficient (Wildman–Crippen LogP) is 2.39. The lowest BCUT2D eigenvalue weighted by molar-refractivity contribution is 0.128. The molecule has 2 N–H and O–H groups in total. The fourth-order valence-corrected chi connectivity index (χ4v) is 2.03. The van der Waals surface area contributed by atoms with Crippen LogP contribution in [-0.2, 0) is 11.3 Å². The SMILES string of the molecule is CCCOCCCn1nnnc1-c1cc(N)ccc1Cl. The molecule has 0 spiro atoms. The first-order valence-electron chi connectivity index (χ1n) is 6.61. The minimum atomic E-state index is 0.581. The van der Waals surface area contributed by atoms with Crippen LogP contribution in [0, 0.1) is 0 Å². The van der Waals surface area contributed by atoms with Crippen molar-refractivity contribution in [1.29, 1.82) is 0 Å². The minimum absolute atomic E-state index is 0.581. The van der Waals surface area contributed by atoms with Crippen molar-refractivity contribution in [2.24, 2.45) is 0 Å². The molecule has 2 aromatic rings. The first-order valence-corrected chi connectivity index (χ1v) is 6.99. The number of aryl methyl sites for hydroxylation is 1. The van der Waals surface area contributed by atoms with E-state index in [1.54, 1.807) is 22.9 Å². The quantitative estimate of drug-likeness (QED) is 0.627. The van der Waals surface area contributed by atoms with E-state index in [-0.39, 0.29) is 0 Å². The zero-order chi connectivity index (χ0) is 14.4. The number of tetrazole rings is 1. The summed E-state index contributed by atoms with van der Waals surface area (Å²) >= 11 is 6.17. The number of nitrogen functional groups attached to an aromatic ring is 1. The van der Waals surface area contributed by atoms with E-state index in [4.69, 9.17) is 22.1 Å². The molecule has 1 heterocycles.